The zero-order valence-corrected chi connectivity index (χ0v) is 10.2. The standard InChI is InChI=1S/C12H19NS/c1-8(2)10(4)14-12-6-5-11(13)7-9(12)3/h5-8,10H,13H2,1-4H3. The molecule has 0 bridgehead atoms. The molecule has 0 saturated heterocycles. The molecule has 2 N–H and O–H groups in total. The van der Waals surface area contributed by atoms with Crippen molar-refractivity contribution in [1.29, 1.82) is 0 Å². The van der Waals surface area contributed by atoms with Crippen LogP contribution >= 0.6 is 11.8 Å². The Morgan fingerprint density at radius 1 is 1.21 bits per heavy atom. The number of nitrogens with two attached hydrogens (primary N) is 1. The molecule has 0 saturated carbocycles. The van der Waals surface area contributed by atoms with E-state index in [1.807, 2.05) is 23.9 Å². The van der Waals surface area contributed by atoms with E-state index in [-0.39, 0.29) is 0 Å². The predicted molar refractivity (Wildman–Crippen MR) is 65.7 cm³/mol. The number of hydrogen-bond donors (Lipinski definition) is 1. The molecule has 78 valence electrons. The van der Waals surface area contributed by atoms with Crippen LogP contribution in [-0.4, -0.2) is 5.25 Å². The van der Waals surface area contributed by atoms with Crippen LogP contribution in [0.25, 0.3) is 0 Å². The van der Waals surface area contributed by atoms with Gasteiger partial charge in [0.25, 0.3) is 0 Å². The fourth-order valence-corrected chi connectivity index (χ4v) is 2.21. The third kappa shape index (κ3) is 2.95. The van der Waals surface area contributed by atoms with Crippen molar-refractivity contribution in [1.82, 2.24) is 0 Å². The van der Waals surface area contributed by atoms with Crippen molar-refractivity contribution in [2.24, 2.45) is 5.92 Å². The first-order valence-corrected chi connectivity index (χ1v) is 5.91. The van der Waals surface area contributed by atoms with Crippen molar-refractivity contribution >= 4 is 17.4 Å². The molecule has 0 aromatic heterocycles. The molecule has 0 amide bonds. The third-order valence-corrected chi connectivity index (χ3v) is 4.08. The molecule has 1 unspecified atom stereocenters. The number of benzene rings is 1. The lowest BCUT2D eigenvalue weighted by Gasteiger charge is -2.16. The Labute approximate surface area is 91.1 Å². The van der Waals surface area contributed by atoms with Crippen LogP contribution in [0.15, 0.2) is 23.1 Å². The molecule has 1 aromatic rings. The van der Waals surface area contributed by atoms with Gasteiger partial charge in [-0.15, -0.1) is 11.8 Å². The molecular formula is C12H19NS. The second-order valence-electron chi connectivity index (χ2n) is 4.09. The third-order valence-electron chi connectivity index (χ3n) is 2.45. The highest BCUT2D eigenvalue weighted by Gasteiger charge is 2.10. The average Bonchev–Trinajstić information content (AvgIpc) is 2.09. The first-order valence-electron chi connectivity index (χ1n) is 5.03. The number of rotatable bonds is 3. The van der Waals surface area contributed by atoms with Crippen LogP contribution in [0.5, 0.6) is 0 Å². The molecule has 0 heterocycles. The molecular weight excluding hydrogens is 190 g/mol. The monoisotopic (exact) mass is 209 g/mol. The van der Waals surface area contributed by atoms with E-state index in [9.17, 15) is 0 Å². The van der Waals surface area contributed by atoms with E-state index >= 15 is 0 Å². The van der Waals surface area contributed by atoms with Crippen molar-refractivity contribution in [3.8, 4) is 0 Å². The van der Waals surface area contributed by atoms with E-state index in [0.29, 0.717) is 11.2 Å². The number of aryl methyl sites for hydroxylation is 1. The molecule has 0 aliphatic heterocycles. The number of anilines is 1. The summed E-state index contributed by atoms with van der Waals surface area (Å²) in [5.74, 6) is 0.706. The largest absolute Gasteiger partial charge is 0.399 e. The smallest absolute Gasteiger partial charge is 0.0317 e. The minimum Gasteiger partial charge on any atom is -0.399 e. The summed E-state index contributed by atoms with van der Waals surface area (Å²) in [7, 11) is 0. The Morgan fingerprint density at radius 3 is 2.36 bits per heavy atom. The summed E-state index contributed by atoms with van der Waals surface area (Å²) in [6, 6.07) is 6.13. The van der Waals surface area contributed by atoms with Gasteiger partial charge in [0.15, 0.2) is 0 Å². The molecule has 1 rings (SSSR count). The minimum absolute atomic E-state index is 0.650. The molecule has 1 nitrogen and oxygen atoms in total. The van der Waals surface area contributed by atoms with Gasteiger partial charge in [0.1, 0.15) is 0 Å². The molecule has 0 fully saturated rings. The highest BCUT2D eigenvalue weighted by molar-refractivity contribution is 8.00. The lowest BCUT2D eigenvalue weighted by Crippen LogP contribution is -2.05. The van der Waals surface area contributed by atoms with Crippen LogP contribution in [0.3, 0.4) is 0 Å². The Balaban J connectivity index is 2.77. The predicted octanol–water partition coefficient (Wildman–Crippen LogP) is 3.71. The summed E-state index contributed by atoms with van der Waals surface area (Å²) in [6.07, 6.45) is 0. The molecule has 14 heavy (non-hydrogen) atoms. The molecule has 0 aliphatic carbocycles. The maximum absolute atomic E-state index is 5.71. The van der Waals surface area contributed by atoms with Crippen LogP contribution < -0.4 is 5.73 Å². The molecule has 1 aromatic carbocycles. The Bertz CT molecular complexity index is 307. The number of thioether (sulfide) groups is 1. The molecule has 1 atom stereocenters. The molecule has 2 heteroatoms. The first-order chi connectivity index (χ1) is 6.50. The summed E-state index contributed by atoms with van der Waals surface area (Å²) >= 11 is 1.93. The van der Waals surface area contributed by atoms with Gasteiger partial charge in [-0.2, -0.15) is 0 Å². The van der Waals surface area contributed by atoms with Crippen LogP contribution in [0.4, 0.5) is 5.69 Å². The lowest BCUT2D eigenvalue weighted by molar-refractivity contribution is 0.642. The summed E-state index contributed by atoms with van der Waals surface area (Å²) in [4.78, 5) is 1.35. The summed E-state index contributed by atoms with van der Waals surface area (Å²) in [5, 5.41) is 0.650. The maximum Gasteiger partial charge on any atom is 0.0317 e. The van der Waals surface area contributed by atoms with E-state index in [2.05, 4.69) is 33.8 Å². The van der Waals surface area contributed by atoms with E-state index in [1.165, 1.54) is 10.5 Å². The van der Waals surface area contributed by atoms with Gasteiger partial charge in [-0.05, 0) is 36.6 Å². The second kappa shape index (κ2) is 4.74. The maximum atomic E-state index is 5.71. The van der Waals surface area contributed by atoms with Gasteiger partial charge in [-0.25, -0.2) is 0 Å². The highest BCUT2D eigenvalue weighted by atomic mass is 32.2. The zero-order chi connectivity index (χ0) is 10.7. The van der Waals surface area contributed by atoms with E-state index in [1.54, 1.807) is 0 Å². The zero-order valence-electron chi connectivity index (χ0n) is 9.37. The quantitative estimate of drug-likeness (QED) is 0.606. The van der Waals surface area contributed by atoms with Crippen LogP contribution in [0.2, 0.25) is 0 Å². The van der Waals surface area contributed by atoms with Gasteiger partial charge >= 0.3 is 0 Å². The highest BCUT2D eigenvalue weighted by Crippen LogP contribution is 2.30. The van der Waals surface area contributed by atoms with Gasteiger partial charge in [0, 0.05) is 15.8 Å². The number of nitrogen functional groups attached to an aromatic ring is 1. The van der Waals surface area contributed by atoms with Crippen molar-refractivity contribution in [2.45, 2.75) is 37.8 Å². The normalized spacial score (nSPS) is 13.2. The SMILES string of the molecule is Cc1cc(N)ccc1SC(C)C(C)C. The van der Waals surface area contributed by atoms with Crippen LogP contribution in [0.1, 0.15) is 26.3 Å². The summed E-state index contributed by atoms with van der Waals surface area (Å²) < 4.78 is 0. The molecule has 0 spiro atoms. The fourth-order valence-electron chi connectivity index (χ4n) is 1.14. The summed E-state index contributed by atoms with van der Waals surface area (Å²) in [6.45, 7) is 8.89. The van der Waals surface area contributed by atoms with Crippen molar-refractivity contribution in [2.75, 3.05) is 5.73 Å². The Hall–Kier alpha value is -0.630. The Morgan fingerprint density at radius 2 is 1.86 bits per heavy atom. The van der Waals surface area contributed by atoms with Crippen molar-refractivity contribution < 1.29 is 0 Å². The van der Waals surface area contributed by atoms with E-state index in [4.69, 9.17) is 5.73 Å². The van der Waals surface area contributed by atoms with Crippen molar-refractivity contribution in [3.05, 3.63) is 23.8 Å². The van der Waals surface area contributed by atoms with Gasteiger partial charge < -0.3 is 5.73 Å². The van der Waals surface area contributed by atoms with Gasteiger partial charge in [-0.1, -0.05) is 20.8 Å². The second-order valence-corrected chi connectivity index (χ2v) is 5.51. The van der Waals surface area contributed by atoms with Crippen molar-refractivity contribution in [3.63, 3.8) is 0 Å². The molecule has 0 radical (unpaired) electrons. The summed E-state index contributed by atoms with van der Waals surface area (Å²) in [5.41, 5.74) is 7.84. The van der Waals surface area contributed by atoms with E-state index < -0.39 is 0 Å². The molecule has 0 aliphatic rings. The topological polar surface area (TPSA) is 26.0 Å². The van der Waals surface area contributed by atoms with Gasteiger partial charge in [0.2, 0.25) is 0 Å². The fraction of sp³-hybridized carbons (Fsp3) is 0.500. The van der Waals surface area contributed by atoms with Crippen LogP contribution in [-0.2, 0) is 0 Å². The minimum atomic E-state index is 0.650. The van der Waals surface area contributed by atoms with Gasteiger partial charge in [0.05, 0.1) is 0 Å². The van der Waals surface area contributed by atoms with Gasteiger partial charge in [-0.3, -0.25) is 0 Å². The lowest BCUT2D eigenvalue weighted by atomic mass is 10.2. The first kappa shape index (κ1) is 11.4. The van der Waals surface area contributed by atoms with E-state index in [0.717, 1.165) is 5.69 Å². The number of hydrogen-bond acceptors (Lipinski definition) is 2. The Kier molecular flexibility index (Phi) is 3.87. The van der Waals surface area contributed by atoms with Crippen LogP contribution in [0, 0.1) is 12.8 Å². The average molecular weight is 209 g/mol.